The minimum atomic E-state index is -1.07. The molecule has 1 aromatic heterocycles. The van der Waals surface area contributed by atoms with Crippen molar-refractivity contribution in [1.82, 2.24) is 9.97 Å². The van der Waals surface area contributed by atoms with E-state index < -0.39 is 5.97 Å². The molecule has 6 heteroatoms. The van der Waals surface area contributed by atoms with E-state index in [1.54, 1.807) is 6.07 Å². The van der Waals surface area contributed by atoms with Gasteiger partial charge in [0, 0.05) is 6.20 Å². The second kappa shape index (κ2) is 5.59. The first-order valence-corrected chi connectivity index (χ1v) is 5.87. The Bertz CT molecular complexity index is 575. The van der Waals surface area contributed by atoms with E-state index in [1.807, 2.05) is 18.2 Å². The summed E-state index contributed by atoms with van der Waals surface area (Å²) in [5.74, 6) is -0.436. The lowest BCUT2D eigenvalue weighted by molar-refractivity contribution is 0.0692. The molecule has 0 unspecified atom stereocenters. The summed E-state index contributed by atoms with van der Waals surface area (Å²) in [6.07, 6.45) is 2.55. The number of nitrogens with zero attached hydrogens (tertiary/aromatic N) is 2. The van der Waals surface area contributed by atoms with Gasteiger partial charge < -0.3 is 9.84 Å². The summed E-state index contributed by atoms with van der Waals surface area (Å²) in [6, 6.07) is 7.32. The van der Waals surface area contributed by atoms with E-state index in [0.29, 0.717) is 11.4 Å². The van der Waals surface area contributed by atoms with Crippen LogP contribution in [0.15, 0.2) is 41.3 Å². The second-order valence-electron chi connectivity index (χ2n) is 3.41. The Morgan fingerprint density at radius 3 is 2.89 bits per heavy atom. The molecule has 2 aromatic rings. The molecule has 0 atom stereocenters. The molecular formula is C12H9BrN2O3. The number of hydrogen-bond acceptors (Lipinski definition) is 4. The first-order valence-electron chi connectivity index (χ1n) is 5.08. The average molecular weight is 309 g/mol. The summed E-state index contributed by atoms with van der Waals surface area (Å²) in [5.41, 5.74) is 0.387. The zero-order valence-electron chi connectivity index (χ0n) is 9.21. The van der Waals surface area contributed by atoms with E-state index in [2.05, 4.69) is 25.9 Å². The highest BCUT2D eigenvalue weighted by atomic mass is 79.9. The Kier molecular flexibility index (Phi) is 3.88. The van der Waals surface area contributed by atoms with E-state index in [4.69, 9.17) is 9.84 Å². The van der Waals surface area contributed by atoms with Crippen molar-refractivity contribution in [3.05, 3.63) is 52.5 Å². The van der Waals surface area contributed by atoms with Crippen LogP contribution < -0.4 is 4.74 Å². The molecule has 1 aromatic carbocycles. The maximum absolute atomic E-state index is 11.0. The predicted molar refractivity (Wildman–Crippen MR) is 67.5 cm³/mol. The highest BCUT2D eigenvalue weighted by Crippen LogP contribution is 2.24. The quantitative estimate of drug-likeness (QED) is 0.939. The Morgan fingerprint density at radius 1 is 1.39 bits per heavy atom. The van der Waals surface area contributed by atoms with Crippen LogP contribution in [-0.2, 0) is 6.61 Å². The van der Waals surface area contributed by atoms with Crippen molar-refractivity contribution >= 4 is 21.9 Å². The van der Waals surface area contributed by atoms with Gasteiger partial charge in [0.1, 0.15) is 24.2 Å². The highest BCUT2D eigenvalue weighted by Gasteiger charge is 2.12. The van der Waals surface area contributed by atoms with Crippen LogP contribution in [-0.4, -0.2) is 21.0 Å². The number of benzene rings is 1. The van der Waals surface area contributed by atoms with Gasteiger partial charge in [0.05, 0.1) is 10.2 Å². The molecule has 0 radical (unpaired) electrons. The number of carbonyl (C=O) groups is 1. The van der Waals surface area contributed by atoms with Crippen LogP contribution in [0.3, 0.4) is 0 Å². The second-order valence-corrected chi connectivity index (χ2v) is 4.26. The van der Waals surface area contributed by atoms with Crippen molar-refractivity contribution < 1.29 is 14.6 Å². The SMILES string of the molecule is O=C(O)c1cncnc1COc1ccccc1Br. The third-order valence-corrected chi connectivity index (χ3v) is 2.88. The van der Waals surface area contributed by atoms with Gasteiger partial charge >= 0.3 is 5.97 Å². The summed E-state index contributed by atoms with van der Waals surface area (Å²) in [4.78, 5) is 18.6. The van der Waals surface area contributed by atoms with Crippen LogP contribution >= 0.6 is 15.9 Å². The highest BCUT2D eigenvalue weighted by molar-refractivity contribution is 9.10. The van der Waals surface area contributed by atoms with Crippen molar-refractivity contribution in [2.75, 3.05) is 0 Å². The minimum Gasteiger partial charge on any atom is -0.486 e. The minimum absolute atomic E-state index is 0.0459. The first-order chi connectivity index (χ1) is 8.68. The Balaban J connectivity index is 2.16. The smallest absolute Gasteiger partial charge is 0.339 e. The van der Waals surface area contributed by atoms with E-state index in [-0.39, 0.29) is 12.2 Å². The maximum Gasteiger partial charge on any atom is 0.339 e. The molecule has 92 valence electrons. The molecule has 0 bridgehead atoms. The Hall–Kier alpha value is -1.95. The summed E-state index contributed by atoms with van der Waals surface area (Å²) in [5, 5.41) is 8.97. The molecule has 2 rings (SSSR count). The van der Waals surface area contributed by atoms with E-state index in [0.717, 1.165) is 4.47 Å². The normalized spacial score (nSPS) is 10.1. The van der Waals surface area contributed by atoms with Crippen LogP contribution in [0.2, 0.25) is 0 Å². The molecule has 0 aliphatic carbocycles. The van der Waals surface area contributed by atoms with Crippen LogP contribution in [0.1, 0.15) is 16.1 Å². The zero-order chi connectivity index (χ0) is 13.0. The summed E-state index contributed by atoms with van der Waals surface area (Å²) in [7, 11) is 0. The fraction of sp³-hybridized carbons (Fsp3) is 0.0833. The number of carboxylic acids is 1. The fourth-order valence-electron chi connectivity index (χ4n) is 1.36. The molecule has 0 aliphatic rings. The predicted octanol–water partition coefficient (Wildman–Crippen LogP) is 2.52. The van der Waals surface area contributed by atoms with Crippen LogP contribution in [0.5, 0.6) is 5.75 Å². The molecule has 5 nitrogen and oxygen atoms in total. The molecule has 1 heterocycles. The molecule has 18 heavy (non-hydrogen) atoms. The number of carboxylic acid groups (broad SMARTS) is 1. The van der Waals surface area contributed by atoms with Crippen molar-refractivity contribution in [1.29, 1.82) is 0 Å². The van der Waals surface area contributed by atoms with Gasteiger partial charge in [0.25, 0.3) is 0 Å². The third-order valence-electron chi connectivity index (χ3n) is 2.23. The van der Waals surface area contributed by atoms with E-state index in [1.165, 1.54) is 12.5 Å². The first kappa shape index (κ1) is 12.5. The number of aromatic nitrogens is 2. The topological polar surface area (TPSA) is 72.3 Å². The van der Waals surface area contributed by atoms with Crippen molar-refractivity contribution in [2.24, 2.45) is 0 Å². The van der Waals surface area contributed by atoms with Crippen LogP contribution in [0.4, 0.5) is 0 Å². The number of para-hydroxylation sites is 1. The third kappa shape index (κ3) is 2.84. The number of ether oxygens (including phenoxy) is 1. The molecule has 0 saturated carbocycles. The maximum atomic E-state index is 11.0. The van der Waals surface area contributed by atoms with Gasteiger partial charge in [-0.25, -0.2) is 14.8 Å². The number of rotatable bonds is 4. The molecular weight excluding hydrogens is 300 g/mol. The summed E-state index contributed by atoms with van der Waals surface area (Å²) in [6.45, 7) is 0.0762. The van der Waals surface area contributed by atoms with Crippen LogP contribution in [0.25, 0.3) is 0 Å². The summed E-state index contributed by atoms with van der Waals surface area (Å²) >= 11 is 3.34. The fourth-order valence-corrected chi connectivity index (χ4v) is 1.76. The van der Waals surface area contributed by atoms with Crippen molar-refractivity contribution in [3.8, 4) is 5.75 Å². The Labute approximate surface area is 112 Å². The molecule has 0 spiro atoms. The monoisotopic (exact) mass is 308 g/mol. The lowest BCUT2D eigenvalue weighted by Gasteiger charge is -2.08. The molecule has 0 amide bonds. The van der Waals surface area contributed by atoms with E-state index in [9.17, 15) is 4.79 Å². The van der Waals surface area contributed by atoms with Crippen molar-refractivity contribution in [3.63, 3.8) is 0 Å². The van der Waals surface area contributed by atoms with Gasteiger partial charge in [-0.1, -0.05) is 12.1 Å². The zero-order valence-corrected chi connectivity index (χ0v) is 10.8. The molecule has 0 aliphatic heterocycles. The Morgan fingerprint density at radius 2 is 2.17 bits per heavy atom. The van der Waals surface area contributed by atoms with Gasteiger partial charge in [0.2, 0.25) is 0 Å². The van der Waals surface area contributed by atoms with Gasteiger partial charge in [-0.2, -0.15) is 0 Å². The molecule has 0 fully saturated rings. The van der Waals surface area contributed by atoms with Gasteiger partial charge in [-0.15, -0.1) is 0 Å². The number of halogens is 1. The van der Waals surface area contributed by atoms with Gasteiger partial charge in [0.15, 0.2) is 0 Å². The summed E-state index contributed by atoms with van der Waals surface area (Å²) < 4.78 is 6.31. The van der Waals surface area contributed by atoms with Gasteiger partial charge in [-0.05, 0) is 28.1 Å². The van der Waals surface area contributed by atoms with Crippen LogP contribution in [0, 0.1) is 0 Å². The molecule has 0 saturated heterocycles. The lowest BCUT2D eigenvalue weighted by atomic mass is 10.2. The largest absolute Gasteiger partial charge is 0.486 e. The number of hydrogen-bond donors (Lipinski definition) is 1. The molecule has 1 N–H and O–H groups in total. The average Bonchev–Trinajstić information content (AvgIpc) is 2.38. The van der Waals surface area contributed by atoms with Gasteiger partial charge in [-0.3, -0.25) is 0 Å². The number of aromatic carboxylic acids is 1. The van der Waals surface area contributed by atoms with E-state index >= 15 is 0 Å². The standard InChI is InChI=1S/C12H9BrN2O3/c13-9-3-1-2-4-11(9)18-6-10-8(12(16)17)5-14-7-15-10/h1-5,7H,6H2,(H,16,17). The van der Waals surface area contributed by atoms with Crippen molar-refractivity contribution in [2.45, 2.75) is 6.61 Å². The lowest BCUT2D eigenvalue weighted by Crippen LogP contribution is -2.08.